The summed E-state index contributed by atoms with van der Waals surface area (Å²) in [5.74, 6) is -1.28. The molecule has 9 heteroatoms. The van der Waals surface area contributed by atoms with Crippen LogP contribution < -0.4 is 5.32 Å². The molecule has 0 radical (unpaired) electrons. The van der Waals surface area contributed by atoms with Crippen molar-refractivity contribution >= 4 is 39.6 Å². The van der Waals surface area contributed by atoms with Crippen LogP contribution in [0.2, 0.25) is 0 Å². The zero-order valence-corrected chi connectivity index (χ0v) is 18.9. The molecule has 1 fully saturated rings. The van der Waals surface area contributed by atoms with E-state index in [1.54, 1.807) is 43.1 Å². The molecular weight excluding hydrogens is 454 g/mol. The second-order valence-electron chi connectivity index (χ2n) is 7.19. The fourth-order valence-corrected chi connectivity index (χ4v) is 3.49. The highest BCUT2D eigenvalue weighted by Gasteiger charge is 2.30. The van der Waals surface area contributed by atoms with Gasteiger partial charge in [-0.3, -0.25) is 19.2 Å². The summed E-state index contributed by atoms with van der Waals surface area (Å²) in [6, 6.07) is 6.92. The number of likely N-dealkylation sites (tertiary alicyclic amines) is 1. The normalized spacial score (nSPS) is 16.0. The number of rotatable bonds is 8. The van der Waals surface area contributed by atoms with Gasteiger partial charge >= 0.3 is 5.97 Å². The van der Waals surface area contributed by atoms with Crippen LogP contribution in [-0.4, -0.2) is 73.3 Å². The van der Waals surface area contributed by atoms with Crippen LogP contribution in [-0.2, 0) is 19.1 Å². The number of carbonyl (C=O) groups excluding carboxylic acids is 4. The van der Waals surface area contributed by atoms with E-state index in [1.807, 2.05) is 0 Å². The molecule has 1 unspecified atom stereocenters. The van der Waals surface area contributed by atoms with E-state index in [1.165, 1.54) is 4.90 Å². The molecule has 1 aliphatic heterocycles. The second-order valence-corrected chi connectivity index (χ2v) is 8.11. The van der Waals surface area contributed by atoms with Gasteiger partial charge in [0.1, 0.15) is 0 Å². The van der Waals surface area contributed by atoms with Crippen molar-refractivity contribution in [2.24, 2.45) is 5.92 Å². The summed E-state index contributed by atoms with van der Waals surface area (Å²) in [7, 11) is 1.56. The summed E-state index contributed by atoms with van der Waals surface area (Å²) in [5.41, 5.74) is 0.510. The summed E-state index contributed by atoms with van der Waals surface area (Å²) < 4.78 is 5.93. The first-order valence-corrected chi connectivity index (χ1v) is 10.8. The maximum Gasteiger partial charge on any atom is 0.310 e. The number of amides is 3. The lowest BCUT2D eigenvalue weighted by atomic mass is 9.98. The monoisotopic (exact) mass is 481 g/mol. The van der Waals surface area contributed by atoms with Crippen molar-refractivity contribution in [3.05, 3.63) is 34.3 Å². The van der Waals surface area contributed by atoms with E-state index in [4.69, 9.17) is 4.74 Å². The summed E-state index contributed by atoms with van der Waals surface area (Å²) >= 11 is 3.31. The predicted molar refractivity (Wildman–Crippen MR) is 115 cm³/mol. The molecule has 1 aromatic rings. The average Bonchev–Trinajstić information content (AvgIpc) is 2.74. The Morgan fingerprint density at radius 3 is 2.60 bits per heavy atom. The molecule has 0 aliphatic carbocycles. The summed E-state index contributed by atoms with van der Waals surface area (Å²) in [4.78, 5) is 51.8. The molecule has 1 N–H and O–H groups in total. The number of benzene rings is 1. The molecule has 30 heavy (non-hydrogen) atoms. The van der Waals surface area contributed by atoms with Crippen molar-refractivity contribution in [3.8, 4) is 0 Å². The topological polar surface area (TPSA) is 96.0 Å². The lowest BCUT2D eigenvalue weighted by Gasteiger charge is -2.32. The first-order chi connectivity index (χ1) is 14.3. The zero-order chi connectivity index (χ0) is 22.1. The van der Waals surface area contributed by atoms with E-state index in [0.717, 1.165) is 10.9 Å². The number of piperidine rings is 1. The minimum absolute atomic E-state index is 0.0605. The predicted octanol–water partition coefficient (Wildman–Crippen LogP) is 1.83. The third-order valence-corrected chi connectivity index (χ3v) is 5.45. The van der Waals surface area contributed by atoms with Crippen LogP contribution in [0.5, 0.6) is 0 Å². The third-order valence-electron chi connectivity index (χ3n) is 4.92. The third kappa shape index (κ3) is 7.12. The van der Waals surface area contributed by atoms with Crippen LogP contribution >= 0.6 is 15.9 Å². The van der Waals surface area contributed by atoms with Gasteiger partial charge < -0.3 is 19.9 Å². The minimum atomic E-state index is -0.308. The number of nitrogens with one attached hydrogen (secondary N) is 1. The van der Waals surface area contributed by atoms with E-state index >= 15 is 0 Å². The number of carbonyl (C=O) groups is 4. The fourth-order valence-electron chi connectivity index (χ4n) is 3.22. The van der Waals surface area contributed by atoms with E-state index in [-0.39, 0.29) is 49.1 Å². The molecule has 0 aromatic heterocycles. The van der Waals surface area contributed by atoms with Gasteiger partial charge in [-0.15, -0.1) is 0 Å². The van der Waals surface area contributed by atoms with Crippen LogP contribution in [0.25, 0.3) is 0 Å². The highest BCUT2D eigenvalue weighted by Crippen LogP contribution is 2.18. The molecule has 164 valence electrons. The first-order valence-electron chi connectivity index (χ1n) is 10.0. The van der Waals surface area contributed by atoms with Crippen molar-refractivity contribution in [3.63, 3.8) is 0 Å². The summed E-state index contributed by atoms with van der Waals surface area (Å²) in [6.45, 7) is 3.09. The average molecular weight is 482 g/mol. The molecule has 1 saturated heterocycles. The highest BCUT2D eigenvalue weighted by atomic mass is 79.9. The molecular formula is C21H28BrN3O5. The van der Waals surface area contributed by atoms with E-state index in [2.05, 4.69) is 21.2 Å². The largest absolute Gasteiger partial charge is 0.466 e. The number of hydrogen-bond donors (Lipinski definition) is 1. The summed E-state index contributed by atoms with van der Waals surface area (Å²) in [6.07, 6.45) is 1.53. The van der Waals surface area contributed by atoms with Gasteiger partial charge in [0.2, 0.25) is 11.8 Å². The maximum absolute atomic E-state index is 12.5. The standard InChI is InChI=1S/C21H28BrN3O5/c1-3-30-21(29)16-5-4-12-25(13-16)19(27)14-24(2)18(26)10-11-23-20(28)15-6-8-17(22)9-7-15/h6-9,16H,3-5,10-14H2,1-2H3,(H,23,28). The Morgan fingerprint density at radius 1 is 1.23 bits per heavy atom. The van der Waals surface area contributed by atoms with Crippen LogP contribution in [0.3, 0.4) is 0 Å². The maximum atomic E-state index is 12.5. The Hall–Kier alpha value is -2.42. The SMILES string of the molecule is CCOC(=O)C1CCCN(C(=O)CN(C)C(=O)CCNC(=O)c2ccc(Br)cc2)C1. The van der Waals surface area contributed by atoms with Crippen LogP contribution in [0.1, 0.15) is 36.5 Å². The zero-order valence-electron chi connectivity index (χ0n) is 17.4. The number of likely N-dealkylation sites (N-methyl/N-ethyl adjacent to an activating group) is 1. The van der Waals surface area contributed by atoms with Gasteiger partial charge in [-0.25, -0.2) is 0 Å². The van der Waals surface area contributed by atoms with Gasteiger partial charge in [-0.05, 0) is 44.0 Å². The van der Waals surface area contributed by atoms with Gasteiger partial charge in [0.25, 0.3) is 5.91 Å². The first kappa shape index (κ1) is 23.9. The van der Waals surface area contributed by atoms with Crippen molar-refractivity contribution in [1.29, 1.82) is 0 Å². The molecule has 8 nitrogen and oxygen atoms in total. The Kier molecular flexibility index (Phi) is 9.29. The molecule has 0 spiro atoms. The molecule has 1 aromatic carbocycles. The smallest absolute Gasteiger partial charge is 0.310 e. The van der Waals surface area contributed by atoms with Gasteiger partial charge in [0.05, 0.1) is 19.1 Å². The van der Waals surface area contributed by atoms with Gasteiger partial charge in [0, 0.05) is 43.1 Å². The van der Waals surface area contributed by atoms with E-state index in [9.17, 15) is 19.2 Å². The van der Waals surface area contributed by atoms with Crippen molar-refractivity contribution in [2.45, 2.75) is 26.2 Å². The fraction of sp³-hybridized carbons (Fsp3) is 0.524. The molecule has 1 aliphatic rings. The van der Waals surface area contributed by atoms with Crippen molar-refractivity contribution in [2.75, 3.05) is 39.8 Å². The highest BCUT2D eigenvalue weighted by molar-refractivity contribution is 9.10. The van der Waals surface area contributed by atoms with Crippen molar-refractivity contribution in [1.82, 2.24) is 15.1 Å². The lowest BCUT2D eigenvalue weighted by Crippen LogP contribution is -2.47. The van der Waals surface area contributed by atoms with Gasteiger partial charge in [-0.1, -0.05) is 15.9 Å². The second kappa shape index (κ2) is 11.7. The Morgan fingerprint density at radius 2 is 1.93 bits per heavy atom. The van der Waals surface area contributed by atoms with Gasteiger partial charge in [0.15, 0.2) is 0 Å². The number of esters is 1. The van der Waals surface area contributed by atoms with Crippen LogP contribution in [0.15, 0.2) is 28.7 Å². The molecule has 1 heterocycles. The van der Waals surface area contributed by atoms with Crippen LogP contribution in [0.4, 0.5) is 0 Å². The van der Waals surface area contributed by atoms with Crippen LogP contribution in [0, 0.1) is 5.92 Å². The number of ether oxygens (including phenoxy) is 1. The van der Waals surface area contributed by atoms with Crippen molar-refractivity contribution < 1.29 is 23.9 Å². The quantitative estimate of drug-likeness (QED) is 0.571. The molecule has 0 bridgehead atoms. The van der Waals surface area contributed by atoms with E-state index < -0.39 is 0 Å². The Bertz CT molecular complexity index is 768. The number of hydrogen-bond acceptors (Lipinski definition) is 5. The number of halogens is 1. The Balaban J connectivity index is 1.75. The molecule has 1 atom stereocenters. The number of nitrogens with zero attached hydrogens (tertiary/aromatic N) is 2. The molecule has 0 saturated carbocycles. The lowest BCUT2D eigenvalue weighted by molar-refractivity contribution is -0.152. The van der Waals surface area contributed by atoms with E-state index in [0.29, 0.717) is 31.7 Å². The molecule has 3 amide bonds. The summed E-state index contributed by atoms with van der Waals surface area (Å²) in [5, 5.41) is 2.70. The minimum Gasteiger partial charge on any atom is -0.466 e. The molecule has 2 rings (SSSR count). The Labute approximate surface area is 185 Å². The van der Waals surface area contributed by atoms with Gasteiger partial charge in [-0.2, -0.15) is 0 Å².